The Bertz CT molecular complexity index is 934. The van der Waals surface area contributed by atoms with Crippen molar-refractivity contribution in [1.82, 2.24) is 4.98 Å². The fraction of sp³-hybridized carbons (Fsp3) is 0.400. The zero-order valence-electron chi connectivity index (χ0n) is 14.6. The lowest BCUT2D eigenvalue weighted by atomic mass is 9.67. The van der Waals surface area contributed by atoms with Gasteiger partial charge in [-0.15, -0.1) is 0 Å². The first-order valence-electron chi connectivity index (χ1n) is 9.13. The average Bonchev–Trinajstić information content (AvgIpc) is 3.05. The zero-order chi connectivity index (χ0) is 18.6. The van der Waals surface area contributed by atoms with E-state index in [9.17, 15) is 9.50 Å². The van der Waals surface area contributed by atoms with Crippen LogP contribution in [0.1, 0.15) is 24.8 Å². The molecular weight excluding hydrogens is 349 g/mol. The van der Waals surface area contributed by atoms with Gasteiger partial charge >= 0.3 is 0 Å². The summed E-state index contributed by atoms with van der Waals surface area (Å²) < 4.78 is 25.5. The summed E-state index contributed by atoms with van der Waals surface area (Å²) in [7, 11) is 0. The van der Waals surface area contributed by atoms with E-state index in [1.807, 2.05) is 18.2 Å². The number of ether oxygens (including phenoxy) is 2. The lowest BCUT2D eigenvalue weighted by Gasteiger charge is -2.47. The van der Waals surface area contributed by atoms with Crippen molar-refractivity contribution in [3.8, 4) is 16.9 Å². The Hall–Kier alpha value is -2.67. The highest BCUT2D eigenvalue weighted by molar-refractivity contribution is 5.75. The second-order valence-corrected chi connectivity index (χ2v) is 7.50. The Labute approximate surface area is 155 Å². The van der Waals surface area contributed by atoms with Crippen LogP contribution in [0.4, 0.5) is 4.39 Å². The molecule has 3 unspecified atom stereocenters. The number of pyridine rings is 1. The van der Waals surface area contributed by atoms with E-state index in [1.165, 1.54) is 12.3 Å². The van der Waals surface area contributed by atoms with Gasteiger partial charge in [0, 0.05) is 23.2 Å². The van der Waals surface area contributed by atoms with Crippen molar-refractivity contribution in [2.75, 3.05) is 6.61 Å². The molecule has 7 heteroatoms. The summed E-state index contributed by atoms with van der Waals surface area (Å²) in [4.78, 5) is 8.62. The van der Waals surface area contributed by atoms with E-state index in [-0.39, 0.29) is 24.1 Å². The largest absolute Gasteiger partial charge is 0.490 e. The molecule has 3 heterocycles. The topological polar surface area (TPSA) is 90.0 Å². The van der Waals surface area contributed by atoms with Crippen molar-refractivity contribution in [2.45, 2.75) is 37.0 Å². The monoisotopic (exact) mass is 369 g/mol. The quantitative estimate of drug-likeness (QED) is 0.805. The van der Waals surface area contributed by atoms with Gasteiger partial charge in [-0.2, -0.15) is 0 Å². The Morgan fingerprint density at radius 3 is 2.85 bits per heavy atom. The highest BCUT2D eigenvalue weighted by atomic mass is 19.1. The molecule has 3 aliphatic rings. The molecule has 6 nitrogen and oxygen atoms in total. The number of nitrogens with zero attached hydrogens (tertiary/aromatic N) is 2. The molecule has 1 aromatic heterocycles. The van der Waals surface area contributed by atoms with Crippen LogP contribution >= 0.6 is 0 Å². The van der Waals surface area contributed by atoms with Gasteiger partial charge in [0.2, 0.25) is 0 Å². The molecule has 4 atom stereocenters. The first kappa shape index (κ1) is 16.5. The van der Waals surface area contributed by atoms with Gasteiger partial charge in [-0.1, -0.05) is 6.07 Å². The molecule has 140 valence electrons. The first-order chi connectivity index (χ1) is 13.0. The summed E-state index contributed by atoms with van der Waals surface area (Å²) >= 11 is 0. The third-order valence-corrected chi connectivity index (χ3v) is 5.88. The fourth-order valence-corrected chi connectivity index (χ4v) is 4.62. The van der Waals surface area contributed by atoms with Crippen LogP contribution in [0.5, 0.6) is 5.75 Å². The van der Waals surface area contributed by atoms with E-state index in [0.29, 0.717) is 25.0 Å². The number of aliphatic imine (C=N–C) groups is 1. The molecular formula is C20H20FN3O3. The lowest BCUT2D eigenvalue weighted by molar-refractivity contribution is -0.0359. The zero-order valence-corrected chi connectivity index (χ0v) is 14.6. The van der Waals surface area contributed by atoms with Gasteiger partial charge in [0.25, 0.3) is 6.02 Å². The summed E-state index contributed by atoms with van der Waals surface area (Å²) in [6.07, 6.45) is 4.42. The van der Waals surface area contributed by atoms with E-state index < -0.39 is 11.4 Å². The van der Waals surface area contributed by atoms with Crippen molar-refractivity contribution in [3.05, 3.63) is 48.0 Å². The van der Waals surface area contributed by atoms with E-state index in [0.717, 1.165) is 23.3 Å². The Balaban J connectivity index is 1.66. The highest BCUT2D eigenvalue weighted by Crippen LogP contribution is 2.52. The van der Waals surface area contributed by atoms with Crippen LogP contribution in [-0.4, -0.2) is 34.9 Å². The third kappa shape index (κ3) is 2.56. The SMILES string of the molecule is NC1=NC2(CO1)c1cc(-c3cncc(F)c3)ccc1OC1CCC(O)C[C@@H]12. The van der Waals surface area contributed by atoms with Crippen LogP contribution in [0.3, 0.4) is 0 Å². The fourth-order valence-electron chi connectivity index (χ4n) is 4.62. The van der Waals surface area contributed by atoms with Gasteiger partial charge in [0.1, 0.15) is 29.8 Å². The molecule has 3 N–H and O–H groups in total. The molecule has 2 aliphatic heterocycles. The van der Waals surface area contributed by atoms with Gasteiger partial charge < -0.3 is 20.3 Å². The van der Waals surface area contributed by atoms with Crippen molar-refractivity contribution < 1.29 is 19.0 Å². The Kier molecular flexibility index (Phi) is 3.62. The Morgan fingerprint density at radius 2 is 2.07 bits per heavy atom. The molecule has 27 heavy (non-hydrogen) atoms. The molecule has 1 saturated carbocycles. The molecule has 0 amide bonds. The van der Waals surface area contributed by atoms with Crippen LogP contribution in [0.25, 0.3) is 11.1 Å². The summed E-state index contributed by atoms with van der Waals surface area (Å²) in [5.41, 5.74) is 7.55. The maximum absolute atomic E-state index is 13.6. The number of aliphatic hydroxyl groups is 1. The number of nitrogens with two attached hydrogens (primary N) is 1. The molecule has 1 spiro atoms. The van der Waals surface area contributed by atoms with Crippen LogP contribution in [0.15, 0.2) is 41.7 Å². The van der Waals surface area contributed by atoms with Gasteiger partial charge in [-0.3, -0.25) is 4.98 Å². The summed E-state index contributed by atoms with van der Waals surface area (Å²) in [5, 5.41) is 10.2. The third-order valence-electron chi connectivity index (χ3n) is 5.88. The maximum atomic E-state index is 13.6. The van der Waals surface area contributed by atoms with Crippen LogP contribution < -0.4 is 10.5 Å². The van der Waals surface area contributed by atoms with Crippen LogP contribution in [0, 0.1) is 11.7 Å². The molecule has 0 bridgehead atoms. The van der Waals surface area contributed by atoms with Crippen molar-refractivity contribution in [3.63, 3.8) is 0 Å². The number of benzene rings is 1. The summed E-state index contributed by atoms with van der Waals surface area (Å²) in [6.45, 7) is 0.313. The second-order valence-electron chi connectivity index (χ2n) is 7.50. The molecule has 1 aliphatic carbocycles. The number of aliphatic hydroxyl groups excluding tert-OH is 1. The standard InChI is InChI=1S/C20H20FN3O3/c21-13-5-12(8-23-9-13)11-1-3-17-15(6-11)20(10-26-19(22)24-20)16-7-14(25)2-4-18(16)27-17/h1,3,5-6,8-9,14,16,18,25H,2,4,7,10H2,(H2,22,24)/t14?,16-,18?,20?/m0/s1. The van der Waals surface area contributed by atoms with Gasteiger partial charge in [0.05, 0.1) is 12.3 Å². The van der Waals surface area contributed by atoms with Crippen molar-refractivity contribution >= 4 is 6.02 Å². The van der Waals surface area contributed by atoms with E-state index in [1.54, 1.807) is 6.20 Å². The average molecular weight is 369 g/mol. The van der Waals surface area contributed by atoms with Gasteiger partial charge in [-0.05, 0) is 43.0 Å². The second kappa shape index (κ2) is 5.92. The van der Waals surface area contributed by atoms with Crippen LogP contribution in [-0.2, 0) is 10.3 Å². The highest BCUT2D eigenvalue weighted by Gasteiger charge is 2.55. The molecule has 0 radical (unpaired) electrons. The number of hydrogen-bond acceptors (Lipinski definition) is 6. The van der Waals surface area contributed by atoms with E-state index >= 15 is 0 Å². The number of aromatic nitrogens is 1. The minimum atomic E-state index is -0.694. The number of fused-ring (bicyclic) bond motifs is 4. The van der Waals surface area contributed by atoms with Gasteiger partial charge in [0.15, 0.2) is 0 Å². The first-order valence-corrected chi connectivity index (χ1v) is 9.13. The van der Waals surface area contributed by atoms with E-state index in [2.05, 4.69) is 9.98 Å². The van der Waals surface area contributed by atoms with Crippen LogP contribution in [0.2, 0.25) is 0 Å². The number of halogens is 1. The van der Waals surface area contributed by atoms with Crippen molar-refractivity contribution in [2.24, 2.45) is 16.6 Å². The number of amidine groups is 1. The minimum absolute atomic E-state index is 0.0318. The summed E-state index contributed by atoms with van der Waals surface area (Å²) in [5.74, 6) is 0.316. The normalized spacial score (nSPS) is 31.5. The van der Waals surface area contributed by atoms with Gasteiger partial charge in [-0.25, -0.2) is 9.38 Å². The molecule has 1 fully saturated rings. The molecule has 5 rings (SSSR count). The maximum Gasteiger partial charge on any atom is 0.283 e. The summed E-state index contributed by atoms with van der Waals surface area (Å²) in [6, 6.07) is 7.33. The van der Waals surface area contributed by atoms with E-state index in [4.69, 9.17) is 15.2 Å². The predicted molar refractivity (Wildman–Crippen MR) is 96.6 cm³/mol. The molecule has 2 aromatic rings. The lowest BCUT2D eigenvalue weighted by Crippen LogP contribution is -2.51. The number of hydrogen-bond donors (Lipinski definition) is 2. The smallest absolute Gasteiger partial charge is 0.283 e. The van der Waals surface area contributed by atoms with Crippen molar-refractivity contribution in [1.29, 1.82) is 0 Å². The number of rotatable bonds is 1. The minimum Gasteiger partial charge on any atom is -0.490 e. The molecule has 1 aromatic carbocycles. The Morgan fingerprint density at radius 1 is 1.19 bits per heavy atom. The molecule has 0 saturated heterocycles. The predicted octanol–water partition coefficient (Wildman–Crippen LogP) is 2.35.